The lowest BCUT2D eigenvalue weighted by Crippen LogP contribution is -2.33. The zero-order valence-electron chi connectivity index (χ0n) is 9.23. The number of aromatic nitrogens is 1. The highest BCUT2D eigenvalue weighted by Crippen LogP contribution is 2.21. The topological polar surface area (TPSA) is 68.5 Å². The van der Waals surface area contributed by atoms with Gasteiger partial charge in [0.2, 0.25) is 0 Å². The summed E-state index contributed by atoms with van der Waals surface area (Å²) in [5.41, 5.74) is 6.31. The predicted octanol–water partition coefficient (Wildman–Crippen LogP) is 0.896. The lowest BCUT2D eigenvalue weighted by molar-refractivity contribution is 0.0745. The number of anilines is 1. The molecule has 1 fully saturated rings. The zero-order chi connectivity index (χ0) is 11.5. The van der Waals surface area contributed by atoms with Crippen LogP contribution in [0.5, 0.6) is 0 Å². The molecular formula is C10H15N3O2S. The molecule has 1 saturated heterocycles. The second kappa shape index (κ2) is 4.80. The Morgan fingerprint density at radius 3 is 3.00 bits per heavy atom. The normalized spacial score (nSPS) is 17.2. The first-order valence-electron chi connectivity index (χ1n) is 5.28. The van der Waals surface area contributed by atoms with Crippen LogP contribution in [0, 0.1) is 6.92 Å². The van der Waals surface area contributed by atoms with Gasteiger partial charge in [-0.05, 0) is 13.3 Å². The van der Waals surface area contributed by atoms with Crippen LogP contribution in [0.25, 0.3) is 0 Å². The van der Waals surface area contributed by atoms with Gasteiger partial charge in [0.05, 0.1) is 12.3 Å². The summed E-state index contributed by atoms with van der Waals surface area (Å²) >= 11 is 1.26. The molecule has 0 unspecified atom stereocenters. The van der Waals surface area contributed by atoms with Crippen LogP contribution in [0.3, 0.4) is 0 Å². The van der Waals surface area contributed by atoms with E-state index in [9.17, 15) is 4.79 Å². The molecule has 2 heterocycles. The van der Waals surface area contributed by atoms with Crippen LogP contribution in [0.4, 0.5) is 5.13 Å². The van der Waals surface area contributed by atoms with Crippen molar-refractivity contribution in [3.05, 3.63) is 10.6 Å². The van der Waals surface area contributed by atoms with Crippen LogP contribution in [0.15, 0.2) is 0 Å². The summed E-state index contributed by atoms with van der Waals surface area (Å²) < 4.78 is 5.32. The van der Waals surface area contributed by atoms with E-state index in [-0.39, 0.29) is 5.91 Å². The summed E-state index contributed by atoms with van der Waals surface area (Å²) in [6, 6.07) is 0. The van der Waals surface area contributed by atoms with Gasteiger partial charge in [-0.1, -0.05) is 11.3 Å². The Labute approximate surface area is 98.2 Å². The van der Waals surface area contributed by atoms with Gasteiger partial charge in [0.25, 0.3) is 5.91 Å². The Morgan fingerprint density at radius 1 is 1.50 bits per heavy atom. The highest BCUT2D eigenvalue weighted by Gasteiger charge is 2.21. The first-order chi connectivity index (χ1) is 7.68. The van der Waals surface area contributed by atoms with Crippen molar-refractivity contribution >= 4 is 22.4 Å². The van der Waals surface area contributed by atoms with E-state index in [4.69, 9.17) is 10.5 Å². The Kier molecular flexibility index (Phi) is 3.40. The second-order valence-corrected chi connectivity index (χ2v) is 4.76. The van der Waals surface area contributed by atoms with E-state index in [1.165, 1.54) is 11.3 Å². The number of rotatable bonds is 1. The van der Waals surface area contributed by atoms with Crippen LogP contribution in [-0.4, -0.2) is 42.1 Å². The number of amides is 1. The van der Waals surface area contributed by atoms with Crippen LogP contribution >= 0.6 is 11.3 Å². The number of hydrogen-bond acceptors (Lipinski definition) is 5. The Balaban J connectivity index is 2.14. The van der Waals surface area contributed by atoms with Gasteiger partial charge in [-0.25, -0.2) is 4.98 Å². The maximum atomic E-state index is 12.2. The van der Waals surface area contributed by atoms with Crippen molar-refractivity contribution in [3.63, 3.8) is 0 Å². The highest BCUT2D eigenvalue weighted by atomic mass is 32.1. The SMILES string of the molecule is Cc1nc(N)sc1C(=O)N1CCCOCC1. The van der Waals surface area contributed by atoms with E-state index in [0.29, 0.717) is 23.2 Å². The summed E-state index contributed by atoms with van der Waals surface area (Å²) in [5.74, 6) is 0.0252. The van der Waals surface area contributed by atoms with Crippen molar-refractivity contribution in [3.8, 4) is 0 Å². The van der Waals surface area contributed by atoms with Crippen molar-refractivity contribution in [2.24, 2.45) is 0 Å². The monoisotopic (exact) mass is 241 g/mol. The molecule has 0 bridgehead atoms. The van der Waals surface area contributed by atoms with Crippen molar-refractivity contribution in [1.82, 2.24) is 9.88 Å². The van der Waals surface area contributed by atoms with Gasteiger partial charge >= 0.3 is 0 Å². The number of aryl methyl sites for hydroxylation is 1. The van der Waals surface area contributed by atoms with Crippen molar-refractivity contribution in [1.29, 1.82) is 0 Å². The molecule has 1 aromatic heterocycles. The molecule has 1 aromatic rings. The molecule has 2 rings (SSSR count). The summed E-state index contributed by atoms with van der Waals surface area (Å²) in [6.45, 7) is 4.55. The molecule has 1 amide bonds. The summed E-state index contributed by atoms with van der Waals surface area (Å²) in [5, 5.41) is 0.451. The maximum absolute atomic E-state index is 12.2. The van der Waals surface area contributed by atoms with E-state index in [2.05, 4.69) is 4.98 Å². The lowest BCUT2D eigenvalue weighted by atomic mass is 10.3. The van der Waals surface area contributed by atoms with Crippen molar-refractivity contribution in [2.75, 3.05) is 32.0 Å². The predicted molar refractivity (Wildman–Crippen MR) is 62.6 cm³/mol. The quantitative estimate of drug-likeness (QED) is 0.793. The molecular weight excluding hydrogens is 226 g/mol. The first kappa shape index (κ1) is 11.3. The van der Waals surface area contributed by atoms with Crippen LogP contribution in [0.2, 0.25) is 0 Å². The molecule has 5 nitrogen and oxygen atoms in total. The number of nitrogens with zero attached hydrogens (tertiary/aromatic N) is 2. The van der Waals surface area contributed by atoms with Gasteiger partial charge < -0.3 is 15.4 Å². The minimum Gasteiger partial charge on any atom is -0.380 e. The van der Waals surface area contributed by atoms with E-state index in [0.717, 1.165) is 25.3 Å². The molecule has 0 atom stereocenters. The fourth-order valence-corrected chi connectivity index (χ4v) is 2.51. The minimum atomic E-state index is 0.0252. The smallest absolute Gasteiger partial charge is 0.266 e. The number of nitrogens with two attached hydrogens (primary N) is 1. The number of thiazole rings is 1. The number of nitrogen functional groups attached to an aromatic ring is 1. The molecule has 0 radical (unpaired) electrons. The van der Waals surface area contributed by atoms with Gasteiger partial charge in [-0.2, -0.15) is 0 Å². The molecule has 1 aliphatic heterocycles. The number of carbonyl (C=O) groups is 1. The zero-order valence-corrected chi connectivity index (χ0v) is 10.0. The average Bonchev–Trinajstić information content (AvgIpc) is 2.49. The number of carbonyl (C=O) groups excluding carboxylic acids is 1. The van der Waals surface area contributed by atoms with Gasteiger partial charge in [0.15, 0.2) is 5.13 Å². The van der Waals surface area contributed by atoms with Crippen LogP contribution < -0.4 is 5.73 Å². The van der Waals surface area contributed by atoms with Gasteiger partial charge in [0.1, 0.15) is 4.88 Å². The summed E-state index contributed by atoms with van der Waals surface area (Å²) in [7, 11) is 0. The van der Waals surface area contributed by atoms with Crippen LogP contribution in [0.1, 0.15) is 21.8 Å². The van der Waals surface area contributed by atoms with Gasteiger partial charge in [-0.15, -0.1) is 0 Å². The summed E-state index contributed by atoms with van der Waals surface area (Å²) in [6.07, 6.45) is 0.888. The number of ether oxygens (including phenoxy) is 1. The maximum Gasteiger partial charge on any atom is 0.266 e. The van der Waals surface area contributed by atoms with Crippen molar-refractivity contribution in [2.45, 2.75) is 13.3 Å². The number of hydrogen-bond donors (Lipinski definition) is 1. The molecule has 1 aliphatic rings. The fourth-order valence-electron chi connectivity index (χ4n) is 1.71. The van der Waals surface area contributed by atoms with Gasteiger partial charge in [0, 0.05) is 19.7 Å². The third kappa shape index (κ3) is 2.33. The molecule has 2 N–H and O–H groups in total. The third-order valence-corrected chi connectivity index (χ3v) is 3.49. The molecule has 0 saturated carbocycles. The molecule has 0 spiro atoms. The average molecular weight is 241 g/mol. The minimum absolute atomic E-state index is 0.0252. The standard InChI is InChI=1S/C10H15N3O2S/c1-7-8(16-10(11)12-7)9(14)13-3-2-5-15-6-4-13/h2-6H2,1H3,(H2,11,12). The highest BCUT2D eigenvalue weighted by molar-refractivity contribution is 7.17. The lowest BCUT2D eigenvalue weighted by Gasteiger charge is -2.18. The fraction of sp³-hybridized carbons (Fsp3) is 0.600. The largest absolute Gasteiger partial charge is 0.380 e. The van der Waals surface area contributed by atoms with E-state index >= 15 is 0 Å². The van der Waals surface area contributed by atoms with Gasteiger partial charge in [-0.3, -0.25) is 4.79 Å². The first-order valence-corrected chi connectivity index (χ1v) is 6.10. The Morgan fingerprint density at radius 2 is 2.31 bits per heavy atom. The molecule has 88 valence electrons. The molecule has 16 heavy (non-hydrogen) atoms. The molecule has 0 aromatic carbocycles. The van der Waals surface area contributed by atoms with E-state index in [1.54, 1.807) is 0 Å². The van der Waals surface area contributed by atoms with E-state index < -0.39 is 0 Å². The van der Waals surface area contributed by atoms with Crippen LogP contribution in [-0.2, 0) is 4.74 Å². The Hall–Kier alpha value is -1.14. The summed E-state index contributed by atoms with van der Waals surface area (Å²) in [4.78, 5) is 18.7. The Bertz CT molecular complexity index is 383. The molecule has 6 heteroatoms. The van der Waals surface area contributed by atoms with E-state index in [1.807, 2.05) is 11.8 Å². The second-order valence-electron chi connectivity index (χ2n) is 3.72. The molecule has 0 aliphatic carbocycles. The third-order valence-electron chi connectivity index (χ3n) is 2.52. The van der Waals surface area contributed by atoms with Crippen molar-refractivity contribution < 1.29 is 9.53 Å².